The lowest BCUT2D eigenvalue weighted by Gasteiger charge is -2.17. The number of pyridine rings is 1. The van der Waals surface area contributed by atoms with E-state index in [2.05, 4.69) is 4.98 Å². The van der Waals surface area contributed by atoms with Crippen LogP contribution in [0.2, 0.25) is 0 Å². The molecule has 1 heterocycles. The van der Waals surface area contributed by atoms with E-state index in [4.69, 9.17) is 10.2 Å². The van der Waals surface area contributed by atoms with Gasteiger partial charge in [0.05, 0.1) is 0 Å². The number of hydrogen-bond acceptors (Lipinski definition) is 4. The Labute approximate surface area is 100 Å². The van der Waals surface area contributed by atoms with E-state index >= 15 is 0 Å². The molecule has 0 aromatic carbocycles. The second-order valence-electron chi connectivity index (χ2n) is 3.37. The van der Waals surface area contributed by atoms with Gasteiger partial charge in [0.15, 0.2) is 5.43 Å². The van der Waals surface area contributed by atoms with Crippen LogP contribution in [0.3, 0.4) is 0 Å². The number of rotatable bonds is 5. The standard InChI is InChI=1S/C10H10N2O6/c13-7-1-2-11-3-6(7)10(18)12(4-8(14)15)5-9(16)17/h1-3H,4-5H2,(H,11,13)(H,14,15)(H,16,17). The maximum absolute atomic E-state index is 11.8. The molecule has 3 N–H and O–H groups in total. The van der Waals surface area contributed by atoms with Crippen molar-refractivity contribution in [2.75, 3.05) is 13.1 Å². The molecule has 0 radical (unpaired) electrons. The number of aromatic amines is 1. The molecule has 1 amide bonds. The predicted octanol–water partition coefficient (Wildman–Crippen LogP) is -1.01. The van der Waals surface area contributed by atoms with Crippen LogP contribution in [0.25, 0.3) is 0 Å². The molecule has 1 aromatic heterocycles. The van der Waals surface area contributed by atoms with Gasteiger partial charge in [-0.05, 0) is 0 Å². The number of hydrogen-bond donors (Lipinski definition) is 3. The minimum Gasteiger partial charge on any atom is -0.480 e. The van der Waals surface area contributed by atoms with Crippen molar-refractivity contribution in [3.8, 4) is 0 Å². The number of aliphatic carboxylic acids is 2. The van der Waals surface area contributed by atoms with Gasteiger partial charge in [-0.15, -0.1) is 0 Å². The van der Waals surface area contributed by atoms with Gasteiger partial charge in [0.25, 0.3) is 5.91 Å². The molecule has 0 aliphatic heterocycles. The van der Waals surface area contributed by atoms with Gasteiger partial charge in [-0.1, -0.05) is 0 Å². The van der Waals surface area contributed by atoms with E-state index in [1.165, 1.54) is 6.20 Å². The van der Waals surface area contributed by atoms with Crippen LogP contribution in [0.5, 0.6) is 0 Å². The van der Waals surface area contributed by atoms with Crippen molar-refractivity contribution in [3.05, 3.63) is 34.2 Å². The summed E-state index contributed by atoms with van der Waals surface area (Å²) in [6.07, 6.45) is 2.40. The highest BCUT2D eigenvalue weighted by atomic mass is 16.4. The summed E-state index contributed by atoms with van der Waals surface area (Å²) >= 11 is 0. The van der Waals surface area contributed by atoms with E-state index < -0.39 is 36.4 Å². The smallest absolute Gasteiger partial charge is 0.323 e. The molecule has 0 saturated heterocycles. The molecule has 8 nitrogen and oxygen atoms in total. The molecular weight excluding hydrogens is 244 g/mol. The van der Waals surface area contributed by atoms with E-state index in [-0.39, 0.29) is 5.56 Å². The molecule has 0 bridgehead atoms. The Balaban J connectivity index is 3.02. The first-order valence-electron chi connectivity index (χ1n) is 4.81. The quantitative estimate of drug-likeness (QED) is 0.617. The first kappa shape index (κ1) is 13.4. The Morgan fingerprint density at radius 1 is 1.17 bits per heavy atom. The fraction of sp³-hybridized carbons (Fsp3) is 0.200. The highest BCUT2D eigenvalue weighted by Crippen LogP contribution is 1.99. The molecule has 0 atom stereocenters. The minimum absolute atomic E-state index is 0.306. The number of carbonyl (C=O) groups excluding carboxylic acids is 1. The summed E-state index contributed by atoms with van der Waals surface area (Å²) in [5, 5.41) is 17.2. The fourth-order valence-corrected chi connectivity index (χ4v) is 1.28. The molecule has 8 heteroatoms. The fourth-order valence-electron chi connectivity index (χ4n) is 1.28. The lowest BCUT2D eigenvalue weighted by molar-refractivity contribution is -0.140. The molecule has 0 aliphatic carbocycles. The topological polar surface area (TPSA) is 128 Å². The number of carboxylic acids is 2. The lowest BCUT2D eigenvalue weighted by atomic mass is 10.2. The van der Waals surface area contributed by atoms with Gasteiger partial charge in [0, 0.05) is 18.5 Å². The van der Waals surface area contributed by atoms with Crippen LogP contribution in [-0.4, -0.2) is 51.0 Å². The van der Waals surface area contributed by atoms with Gasteiger partial charge in [0.1, 0.15) is 18.7 Å². The number of H-pyrrole nitrogens is 1. The molecule has 0 unspecified atom stereocenters. The highest BCUT2D eigenvalue weighted by Gasteiger charge is 2.22. The summed E-state index contributed by atoms with van der Waals surface area (Å²) in [6.45, 7) is -1.58. The number of aromatic nitrogens is 1. The summed E-state index contributed by atoms with van der Waals surface area (Å²) in [7, 11) is 0. The molecule has 0 saturated carbocycles. The van der Waals surface area contributed by atoms with Crippen LogP contribution >= 0.6 is 0 Å². The predicted molar refractivity (Wildman–Crippen MR) is 58.2 cm³/mol. The monoisotopic (exact) mass is 254 g/mol. The minimum atomic E-state index is -1.36. The van der Waals surface area contributed by atoms with Gasteiger partial charge in [0.2, 0.25) is 0 Å². The third kappa shape index (κ3) is 3.44. The van der Waals surface area contributed by atoms with E-state index in [0.29, 0.717) is 4.90 Å². The molecule has 1 rings (SSSR count). The number of carboxylic acid groups (broad SMARTS) is 2. The van der Waals surface area contributed by atoms with E-state index in [0.717, 1.165) is 12.3 Å². The third-order valence-corrected chi connectivity index (χ3v) is 1.99. The lowest BCUT2D eigenvalue weighted by Crippen LogP contribution is -2.41. The number of nitrogens with zero attached hydrogens (tertiary/aromatic N) is 1. The van der Waals surface area contributed by atoms with E-state index in [9.17, 15) is 19.2 Å². The summed E-state index contributed by atoms with van der Waals surface area (Å²) in [6, 6.07) is 1.09. The second kappa shape index (κ2) is 5.62. The molecule has 96 valence electrons. The summed E-state index contributed by atoms with van der Waals surface area (Å²) in [4.78, 5) is 47.3. The molecule has 0 aliphatic rings. The zero-order chi connectivity index (χ0) is 13.7. The van der Waals surface area contributed by atoms with Gasteiger partial charge >= 0.3 is 11.9 Å². The van der Waals surface area contributed by atoms with Crippen molar-refractivity contribution >= 4 is 17.8 Å². The summed E-state index contributed by atoms with van der Waals surface area (Å²) in [5.41, 5.74) is -0.917. The van der Waals surface area contributed by atoms with Crippen molar-refractivity contribution in [1.82, 2.24) is 9.88 Å². The number of nitrogens with one attached hydrogen (secondary N) is 1. The second-order valence-corrected chi connectivity index (χ2v) is 3.37. The Morgan fingerprint density at radius 3 is 2.17 bits per heavy atom. The maximum Gasteiger partial charge on any atom is 0.323 e. The maximum atomic E-state index is 11.8. The normalized spacial score (nSPS) is 9.78. The van der Waals surface area contributed by atoms with Crippen molar-refractivity contribution in [1.29, 1.82) is 0 Å². The van der Waals surface area contributed by atoms with Gasteiger partial charge in [-0.3, -0.25) is 19.2 Å². The molecule has 0 spiro atoms. The van der Waals surface area contributed by atoms with Crippen molar-refractivity contribution < 1.29 is 24.6 Å². The van der Waals surface area contributed by atoms with Gasteiger partial charge in [-0.2, -0.15) is 0 Å². The Hall–Kier alpha value is -2.64. The largest absolute Gasteiger partial charge is 0.480 e. The van der Waals surface area contributed by atoms with E-state index in [1.807, 2.05) is 0 Å². The zero-order valence-electron chi connectivity index (χ0n) is 9.12. The van der Waals surface area contributed by atoms with E-state index in [1.54, 1.807) is 0 Å². The average Bonchev–Trinajstić information content (AvgIpc) is 2.26. The first-order chi connectivity index (χ1) is 8.41. The van der Waals surface area contributed by atoms with Crippen LogP contribution in [0, 0.1) is 0 Å². The first-order valence-corrected chi connectivity index (χ1v) is 4.81. The van der Waals surface area contributed by atoms with Crippen LogP contribution in [0.1, 0.15) is 10.4 Å². The van der Waals surface area contributed by atoms with Gasteiger partial charge < -0.3 is 20.1 Å². The Morgan fingerprint density at radius 2 is 1.72 bits per heavy atom. The van der Waals surface area contributed by atoms with Crippen LogP contribution in [0.15, 0.2) is 23.3 Å². The Kier molecular flexibility index (Phi) is 4.19. The SMILES string of the molecule is O=C(O)CN(CC(=O)O)C(=O)c1c[nH]ccc1=O. The van der Waals surface area contributed by atoms with Crippen molar-refractivity contribution in [3.63, 3.8) is 0 Å². The summed E-state index contributed by atoms with van der Waals surface area (Å²) in [5.74, 6) is -3.67. The van der Waals surface area contributed by atoms with Crippen LogP contribution < -0.4 is 5.43 Å². The summed E-state index contributed by atoms with van der Waals surface area (Å²) < 4.78 is 0. The average molecular weight is 254 g/mol. The van der Waals surface area contributed by atoms with Gasteiger partial charge in [-0.25, -0.2) is 0 Å². The molecule has 0 fully saturated rings. The van der Waals surface area contributed by atoms with Crippen LogP contribution in [0.4, 0.5) is 0 Å². The molecular formula is C10H10N2O6. The van der Waals surface area contributed by atoms with Crippen molar-refractivity contribution in [2.24, 2.45) is 0 Å². The molecule has 18 heavy (non-hydrogen) atoms. The highest BCUT2D eigenvalue weighted by molar-refractivity contribution is 5.97. The number of amides is 1. The zero-order valence-corrected chi connectivity index (χ0v) is 9.12. The third-order valence-electron chi connectivity index (χ3n) is 1.99. The Bertz CT molecular complexity index is 519. The number of carbonyl (C=O) groups is 3. The van der Waals surface area contributed by atoms with Crippen LogP contribution in [-0.2, 0) is 9.59 Å². The van der Waals surface area contributed by atoms with Crippen molar-refractivity contribution in [2.45, 2.75) is 0 Å². The molecule has 1 aromatic rings.